The number of phenolic OH excluding ortho intramolecular Hbond substituents is 1. The molecule has 0 heterocycles. The molecular formula is C22H34N6O8. The van der Waals surface area contributed by atoms with E-state index in [0.717, 1.165) is 0 Å². The molecule has 0 fully saturated rings. The number of nitrogens with two attached hydrogens (primary N) is 3. The fourth-order valence-electron chi connectivity index (χ4n) is 3.14. The SMILES string of the molecule is NCCCCC(N)C(=O)NC(CC(N)=O)C(=O)NC(CO)C(=O)NC(Cc1ccc(O)cc1)C(=O)O. The van der Waals surface area contributed by atoms with E-state index in [1.807, 2.05) is 0 Å². The van der Waals surface area contributed by atoms with Crippen LogP contribution in [0.25, 0.3) is 0 Å². The summed E-state index contributed by atoms with van der Waals surface area (Å²) in [5, 5.41) is 35.1. The third-order valence-electron chi connectivity index (χ3n) is 5.15. The third-order valence-corrected chi connectivity index (χ3v) is 5.15. The van der Waals surface area contributed by atoms with Gasteiger partial charge in [0.1, 0.15) is 23.9 Å². The molecular weight excluding hydrogens is 476 g/mol. The zero-order valence-electron chi connectivity index (χ0n) is 19.7. The van der Waals surface area contributed by atoms with Crippen molar-refractivity contribution in [1.29, 1.82) is 0 Å². The van der Waals surface area contributed by atoms with Gasteiger partial charge >= 0.3 is 5.97 Å². The number of aliphatic hydroxyl groups excluding tert-OH is 1. The number of hydrogen-bond acceptors (Lipinski definition) is 9. The molecule has 4 amide bonds. The molecule has 36 heavy (non-hydrogen) atoms. The van der Waals surface area contributed by atoms with Gasteiger partial charge in [-0.3, -0.25) is 19.2 Å². The Labute approximate surface area is 207 Å². The highest BCUT2D eigenvalue weighted by Crippen LogP contribution is 2.11. The number of primary amides is 1. The molecule has 200 valence electrons. The number of benzene rings is 1. The van der Waals surface area contributed by atoms with E-state index in [1.54, 1.807) is 0 Å². The molecule has 0 radical (unpaired) electrons. The number of hydrogen-bond donors (Lipinski definition) is 9. The lowest BCUT2D eigenvalue weighted by molar-refractivity contribution is -0.142. The molecule has 0 aliphatic carbocycles. The molecule has 1 aromatic carbocycles. The van der Waals surface area contributed by atoms with Crippen molar-refractivity contribution < 1.29 is 39.3 Å². The molecule has 0 bridgehead atoms. The van der Waals surface area contributed by atoms with E-state index in [2.05, 4.69) is 16.0 Å². The Balaban J connectivity index is 2.85. The highest BCUT2D eigenvalue weighted by molar-refractivity contribution is 5.96. The number of aromatic hydroxyl groups is 1. The molecule has 0 saturated heterocycles. The molecule has 4 atom stereocenters. The zero-order chi connectivity index (χ0) is 27.3. The second-order valence-corrected chi connectivity index (χ2v) is 8.14. The topological polar surface area (TPSA) is 260 Å². The van der Waals surface area contributed by atoms with Gasteiger partial charge in [0.2, 0.25) is 23.6 Å². The number of carboxylic acids is 1. The maximum absolute atomic E-state index is 12.7. The van der Waals surface area contributed by atoms with Crippen molar-refractivity contribution in [3.05, 3.63) is 29.8 Å². The predicted octanol–water partition coefficient (Wildman–Crippen LogP) is -3.20. The van der Waals surface area contributed by atoms with Crippen LogP contribution in [0.2, 0.25) is 0 Å². The Kier molecular flexibility index (Phi) is 12.9. The smallest absolute Gasteiger partial charge is 0.326 e. The van der Waals surface area contributed by atoms with Crippen LogP contribution in [0, 0.1) is 0 Å². The first-order valence-corrected chi connectivity index (χ1v) is 11.2. The van der Waals surface area contributed by atoms with Gasteiger partial charge in [0, 0.05) is 6.42 Å². The summed E-state index contributed by atoms with van der Waals surface area (Å²) in [5.41, 5.74) is 16.9. The lowest BCUT2D eigenvalue weighted by Gasteiger charge is -2.24. The largest absolute Gasteiger partial charge is 0.508 e. The van der Waals surface area contributed by atoms with Gasteiger partial charge in [-0.1, -0.05) is 18.6 Å². The first-order valence-electron chi connectivity index (χ1n) is 11.2. The number of unbranched alkanes of at least 4 members (excludes halogenated alkanes) is 1. The maximum Gasteiger partial charge on any atom is 0.326 e. The van der Waals surface area contributed by atoms with Crippen molar-refractivity contribution in [1.82, 2.24) is 16.0 Å². The number of nitrogens with one attached hydrogen (secondary N) is 3. The second-order valence-electron chi connectivity index (χ2n) is 8.14. The summed E-state index contributed by atoms with van der Waals surface area (Å²) in [4.78, 5) is 60.6. The number of carbonyl (C=O) groups is 5. The summed E-state index contributed by atoms with van der Waals surface area (Å²) in [6.45, 7) is -0.484. The molecule has 4 unspecified atom stereocenters. The lowest BCUT2D eigenvalue weighted by Crippen LogP contribution is -2.58. The van der Waals surface area contributed by atoms with Gasteiger partial charge in [-0.05, 0) is 37.1 Å². The van der Waals surface area contributed by atoms with Gasteiger partial charge in [-0.15, -0.1) is 0 Å². The van der Waals surface area contributed by atoms with Gasteiger partial charge in [0.05, 0.1) is 19.1 Å². The van der Waals surface area contributed by atoms with Crippen LogP contribution in [0.4, 0.5) is 0 Å². The van der Waals surface area contributed by atoms with Gasteiger partial charge in [0.25, 0.3) is 0 Å². The van der Waals surface area contributed by atoms with Crippen molar-refractivity contribution in [2.75, 3.05) is 13.2 Å². The summed E-state index contributed by atoms with van der Waals surface area (Å²) in [6, 6.07) is 0.179. The van der Waals surface area contributed by atoms with Crippen molar-refractivity contribution >= 4 is 29.6 Å². The Bertz CT molecular complexity index is 910. The van der Waals surface area contributed by atoms with E-state index in [4.69, 9.17) is 17.2 Å². The van der Waals surface area contributed by atoms with E-state index in [-0.39, 0.29) is 18.6 Å². The van der Waals surface area contributed by atoms with Crippen LogP contribution in [-0.2, 0) is 30.4 Å². The van der Waals surface area contributed by atoms with E-state index < -0.39 is 66.8 Å². The Hall–Kier alpha value is -3.75. The maximum atomic E-state index is 12.7. The van der Waals surface area contributed by atoms with Crippen LogP contribution in [0.1, 0.15) is 31.2 Å². The Morgan fingerprint density at radius 1 is 0.861 bits per heavy atom. The highest BCUT2D eigenvalue weighted by Gasteiger charge is 2.31. The van der Waals surface area contributed by atoms with Gasteiger partial charge in [0.15, 0.2) is 0 Å². The highest BCUT2D eigenvalue weighted by atomic mass is 16.4. The molecule has 0 aliphatic heterocycles. The van der Waals surface area contributed by atoms with Crippen molar-refractivity contribution in [3.63, 3.8) is 0 Å². The van der Waals surface area contributed by atoms with Crippen LogP contribution >= 0.6 is 0 Å². The lowest BCUT2D eigenvalue weighted by atomic mass is 10.1. The summed E-state index contributed by atoms with van der Waals surface area (Å²) in [5.74, 6) is -5.06. The molecule has 14 nitrogen and oxygen atoms in total. The van der Waals surface area contributed by atoms with Crippen molar-refractivity contribution in [2.24, 2.45) is 17.2 Å². The fourth-order valence-corrected chi connectivity index (χ4v) is 3.14. The number of carboxylic acid groups (broad SMARTS) is 1. The molecule has 12 N–H and O–H groups in total. The van der Waals surface area contributed by atoms with E-state index >= 15 is 0 Å². The van der Waals surface area contributed by atoms with Crippen LogP contribution in [0.3, 0.4) is 0 Å². The van der Waals surface area contributed by atoms with E-state index in [9.17, 15) is 39.3 Å². The van der Waals surface area contributed by atoms with Crippen LogP contribution in [-0.4, -0.2) is 82.2 Å². The molecule has 0 spiro atoms. The minimum atomic E-state index is -1.59. The normalized spacial score (nSPS) is 14.1. The molecule has 1 rings (SSSR count). The van der Waals surface area contributed by atoms with Crippen LogP contribution in [0.15, 0.2) is 24.3 Å². The van der Waals surface area contributed by atoms with Crippen molar-refractivity contribution in [3.8, 4) is 5.75 Å². The number of amides is 4. The summed E-state index contributed by atoms with van der Waals surface area (Å²) in [6.07, 6.45) is 0.748. The average molecular weight is 511 g/mol. The first kappa shape index (κ1) is 30.3. The number of rotatable bonds is 16. The van der Waals surface area contributed by atoms with Crippen LogP contribution < -0.4 is 33.2 Å². The quantitative estimate of drug-likeness (QED) is 0.101. The number of phenols is 1. The standard InChI is InChI=1S/C22H34N6O8/c23-8-2-1-3-14(24)19(32)26-15(10-18(25)31)20(33)28-17(11-29)21(34)27-16(22(35)36)9-12-4-6-13(30)7-5-12/h4-7,14-17,29-30H,1-3,8-11,23-24H2,(H2,25,31)(H,26,32)(H,27,34)(H,28,33)(H,35,36). The van der Waals surface area contributed by atoms with Gasteiger partial charge < -0.3 is 48.5 Å². The predicted molar refractivity (Wildman–Crippen MR) is 127 cm³/mol. The van der Waals surface area contributed by atoms with Gasteiger partial charge in [-0.25, -0.2) is 4.79 Å². The molecule has 0 aliphatic rings. The van der Waals surface area contributed by atoms with Crippen LogP contribution in [0.5, 0.6) is 5.75 Å². The monoisotopic (exact) mass is 510 g/mol. The Morgan fingerprint density at radius 2 is 1.42 bits per heavy atom. The molecule has 14 heteroatoms. The number of carbonyl (C=O) groups excluding carboxylic acids is 4. The third kappa shape index (κ3) is 10.7. The van der Waals surface area contributed by atoms with Gasteiger partial charge in [-0.2, -0.15) is 0 Å². The Morgan fingerprint density at radius 3 is 1.94 bits per heavy atom. The summed E-state index contributed by atoms with van der Waals surface area (Å²) >= 11 is 0. The molecule has 0 saturated carbocycles. The molecule has 0 aromatic heterocycles. The first-order chi connectivity index (χ1) is 17.0. The van der Waals surface area contributed by atoms with E-state index in [1.165, 1.54) is 24.3 Å². The minimum Gasteiger partial charge on any atom is -0.508 e. The zero-order valence-corrected chi connectivity index (χ0v) is 19.7. The molecule has 1 aromatic rings. The van der Waals surface area contributed by atoms with Crippen molar-refractivity contribution in [2.45, 2.75) is 56.3 Å². The fraction of sp³-hybridized carbons (Fsp3) is 0.500. The second kappa shape index (κ2) is 15.3. The summed E-state index contributed by atoms with van der Waals surface area (Å²) < 4.78 is 0. The minimum absolute atomic E-state index is 0.0214. The van der Waals surface area contributed by atoms with E-state index in [0.29, 0.717) is 24.9 Å². The summed E-state index contributed by atoms with van der Waals surface area (Å²) in [7, 11) is 0. The number of aliphatic carboxylic acids is 1. The number of aliphatic hydroxyl groups is 1. The average Bonchev–Trinajstić information content (AvgIpc) is 2.82.